The zero-order valence-electron chi connectivity index (χ0n) is 10.2. The topological polar surface area (TPSA) is 89.7 Å². The summed E-state index contributed by atoms with van der Waals surface area (Å²) in [6.45, 7) is 0. The minimum atomic E-state index is -1.43. The molecule has 21 heavy (non-hydrogen) atoms. The molecule has 0 atom stereocenters. The van der Waals surface area contributed by atoms with Gasteiger partial charge in [0.1, 0.15) is 22.1 Å². The average Bonchev–Trinajstić information content (AvgIpc) is 2.43. The van der Waals surface area contributed by atoms with Crippen LogP contribution >= 0.6 is 23.2 Å². The number of carboxylic acid groups (broad SMARTS) is 1. The maximum atomic E-state index is 11.0. The summed E-state index contributed by atoms with van der Waals surface area (Å²) >= 11 is 11.8. The van der Waals surface area contributed by atoms with Gasteiger partial charge < -0.3 is 9.84 Å². The van der Waals surface area contributed by atoms with Crippen molar-refractivity contribution >= 4 is 34.9 Å². The van der Waals surface area contributed by atoms with Crippen LogP contribution in [0, 0.1) is 10.1 Å². The molecular weight excluding hydrogens is 321 g/mol. The number of benzene rings is 2. The van der Waals surface area contributed by atoms with Crippen molar-refractivity contribution in [2.45, 2.75) is 0 Å². The van der Waals surface area contributed by atoms with E-state index in [1.165, 1.54) is 12.1 Å². The molecule has 0 unspecified atom stereocenters. The standard InChI is InChI=1S/C13H7Cl2NO5/c14-9-2-1-3-11(12(9)15)21-7-4-5-10(16(19)20)8(6-7)13(17)18/h1-6H,(H,17,18). The Balaban J connectivity index is 2.42. The second-order valence-electron chi connectivity index (χ2n) is 3.90. The van der Waals surface area contributed by atoms with Crippen molar-refractivity contribution in [3.63, 3.8) is 0 Å². The van der Waals surface area contributed by atoms with Gasteiger partial charge in [-0.05, 0) is 18.2 Å². The minimum absolute atomic E-state index is 0.0992. The van der Waals surface area contributed by atoms with Crippen LogP contribution in [0.5, 0.6) is 11.5 Å². The highest BCUT2D eigenvalue weighted by Crippen LogP contribution is 2.35. The number of hydrogen-bond donors (Lipinski definition) is 1. The van der Waals surface area contributed by atoms with E-state index in [2.05, 4.69) is 0 Å². The Morgan fingerprint density at radius 3 is 2.57 bits per heavy atom. The number of aromatic carboxylic acids is 1. The number of nitro benzene ring substituents is 1. The smallest absolute Gasteiger partial charge is 0.342 e. The van der Waals surface area contributed by atoms with Gasteiger partial charge in [-0.1, -0.05) is 29.3 Å². The Kier molecular flexibility index (Phi) is 4.30. The maximum absolute atomic E-state index is 11.0. The van der Waals surface area contributed by atoms with Crippen LogP contribution in [-0.4, -0.2) is 16.0 Å². The Bertz CT molecular complexity index is 732. The van der Waals surface area contributed by atoms with Gasteiger partial charge in [0.05, 0.1) is 9.95 Å². The van der Waals surface area contributed by atoms with E-state index in [1.54, 1.807) is 12.1 Å². The summed E-state index contributed by atoms with van der Waals surface area (Å²) in [7, 11) is 0. The van der Waals surface area contributed by atoms with Crippen molar-refractivity contribution in [1.29, 1.82) is 0 Å². The van der Waals surface area contributed by atoms with Gasteiger partial charge in [0.2, 0.25) is 0 Å². The number of nitrogens with zero attached hydrogens (tertiary/aromatic N) is 1. The molecule has 0 bridgehead atoms. The van der Waals surface area contributed by atoms with Gasteiger partial charge in [-0.3, -0.25) is 10.1 Å². The molecular formula is C13H7Cl2NO5. The third kappa shape index (κ3) is 3.24. The normalized spacial score (nSPS) is 10.2. The molecule has 0 aliphatic carbocycles. The number of halogens is 2. The van der Waals surface area contributed by atoms with Gasteiger partial charge in [-0.15, -0.1) is 0 Å². The van der Waals surface area contributed by atoms with Crippen LogP contribution in [0.15, 0.2) is 36.4 Å². The Labute approximate surface area is 128 Å². The van der Waals surface area contributed by atoms with Crippen molar-refractivity contribution in [3.8, 4) is 11.5 Å². The lowest BCUT2D eigenvalue weighted by Crippen LogP contribution is -2.02. The van der Waals surface area contributed by atoms with E-state index < -0.39 is 22.1 Å². The van der Waals surface area contributed by atoms with Crippen molar-refractivity contribution in [2.24, 2.45) is 0 Å². The van der Waals surface area contributed by atoms with Crippen LogP contribution in [0.4, 0.5) is 5.69 Å². The zero-order chi connectivity index (χ0) is 15.6. The van der Waals surface area contributed by atoms with E-state index in [0.29, 0.717) is 0 Å². The first kappa shape index (κ1) is 15.1. The molecule has 2 aromatic carbocycles. The van der Waals surface area contributed by atoms with Crippen LogP contribution < -0.4 is 4.74 Å². The zero-order valence-corrected chi connectivity index (χ0v) is 11.8. The van der Waals surface area contributed by atoms with Crippen molar-refractivity contribution in [1.82, 2.24) is 0 Å². The van der Waals surface area contributed by atoms with E-state index in [9.17, 15) is 14.9 Å². The molecule has 2 rings (SSSR count). The number of ether oxygens (including phenoxy) is 1. The fourth-order valence-corrected chi connectivity index (χ4v) is 1.93. The number of carboxylic acids is 1. The van der Waals surface area contributed by atoms with Gasteiger partial charge in [0, 0.05) is 12.1 Å². The van der Waals surface area contributed by atoms with Gasteiger partial charge in [0.15, 0.2) is 0 Å². The highest BCUT2D eigenvalue weighted by Gasteiger charge is 2.21. The summed E-state index contributed by atoms with van der Waals surface area (Å²) in [6.07, 6.45) is 0. The molecule has 0 spiro atoms. The summed E-state index contributed by atoms with van der Waals surface area (Å²) < 4.78 is 5.41. The largest absolute Gasteiger partial charge is 0.477 e. The van der Waals surface area contributed by atoms with E-state index in [0.717, 1.165) is 12.1 Å². The fraction of sp³-hybridized carbons (Fsp3) is 0. The number of carbonyl (C=O) groups is 1. The van der Waals surface area contributed by atoms with Gasteiger partial charge >= 0.3 is 5.97 Å². The summed E-state index contributed by atoms with van der Waals surface area (Å²) in [6, 6.07) is 8.09. The summed E-state index contributed by atoms with van der Waals surface area (Å²) in [5, 5.41) is 20.2. The molecule has 2 aromatic rings. The molecule has 8 heteroatoms. The monoisotopic (exact) mass is 327 g/mol. The second kappa shape index (κ2) is 5.99. The predicted octanol–water partition coefficient (Wildman–Crippen LogP) is 4.39. The average molecular weight is 328 g/mol. The second-order valence-corrected chi connectivity index (χ2v) is 4.68. The Morgan fingerprint density at radius 2 is 1.95 bits per heavy atom. The molecule has 0 radical (unpaired) electrons. The first-order chi connectivity index (χ1) is 9.90. The molecule has 6 nitrogen and oxygen atoms in total. The number of hydrogen-bond acceptors (Lipinski definition) is 4. The molecule has 1 N–H and O–H groups in total. The van der Waals surface area contributed by atoms with Crippen molar-refractivity contribution in [3.05, 3.63) is 62.1 Å². The van der Waals surface area contributed by atoms with Crippen LogP contribution in [0.2, 0.25) is 10.0 Å². The SMILES string of the molecule is O=C(O)c1cc(Oc2cccc(Cl)c2Cl)ccc1[N+](=O)[O-]. The van der Waals surface area contributed by atoms with E-state index >= 15 is 0 Å². The third-order valence-corrected chi connectivity index (χ3v) is 3.34. The maximum Gasteiger partial charge on any atom is 0.342 e. The fourth-order valence-electron chi connectivity index (χ4n) is 1.60. The molecule has 0 aliphatic rings. The lowest BCUT2D eigenvalue weighted by atomic mass is 10.1. The highest BCUT2D eigenvalue weighted by molar-refractivity contribution is 6.42. The lowest BCUT2D eigenvalue weighted by molar-refractivity contribution is -0.385. The predicted molar refractivity (Wildman–Crippen MR) is 76.6 cm³/mol. The molecule has 108 valence electrons. The van der Waals surface area contributed by atoms with Gasteiger partial charge in [-0.25, -0.2) is 4.79 Å². The van der Waals surface area contributed by atoms with Crippen LogP contribution in [0.25, 0.3) is 0 Å². The summed E-state index contributed by atoms with van der Waals surface area (Å²) in [4.78, 5) is 21.0. The molecule has 0 heterocycles. The molecule has 0 saturated heterocycles. The molecule has 0 amide bonds. The van der Waals surface area contributed by atoms with Crippen LogP contribution in [0.3, 0.4) is 0 Å². The van der Waals surface area contributed by atoms with Gasteiger partial charge in [-0.2, -0.15) is 0 Å². The van der Waals surface area contributed by atoms with Crippen molar-refractivity contribution in [2.75, 3.05) is 0 Å². The van der Waals surface area contributed by atoms with E-state index in [4.69, 9.17) is 33.0 Å². The van der Waals surface area contributed by atoms with Gasteiger partial charge in [0.25, 0.3) is 5.69 Å². The number of nitro groups is 1. The highest BCUT2D eigenvalue weighted by atomic mass is 35.5. The Morgan fingerprint density at radius 1 is 1.24 bits per heavy atom. The van der Waals surface area contributed by atoms with E-state index in [1.807, 2.05) is 0 Å². The first-order valence-electron chi connectivity index (χ1n) is 5.53. The Hall–Kier alpha value is -2.31. The molecule has 0 aliphatic heterocycles. The summed E-state index contributed by atoms with van der Waals surface area (Å²) in [5.41, 5.74) is -0.998. The minimum Gasteiger partial charge on any atom is -0.477 e. The molecule has 0 aromatic heterocycles. The first-order valence-corrected chi connectivity index (χ1v) is 6.29. The van der Waals surface area contributed by atoms with Crippen molar-refractivity contribution < 1.29 is 19.6 Å². The molecule has 0 saturated carbocycles. The number of rotatable bonds is 4. The quantitative estimate of drug-likeness (QED) is 0.664. The third-order valence-electron chi connectivity index (χ3n) is 2.54. The molecule has 0 fully saturated rings. The lowest BCUT2D eigenvalue weighted by Gasteiger charge is -2.09. The summed E-state index contributed by atoms with van der Waals surface area (Å²) in [5.74, 6) is -1.11. The van der Waals surface area contributed by atoms with Crippen LogP contribution in [0.1, 0.15) is 10.4 Å². The van der Waals surface area contributed by atoms with E-state index in [-0.39, 0.29) is 21.5 Å². The van der Waals surface area contributed by atoms with Crippen LogP contribution in [-0.2, 0) is 0 Å².